The molecular weight excluding hydrogens is 348 g/mol. The van der Waals surface area contributed by atoms with Crippen LogP contribution in [-0.4, -0.2) is 62.5 Å². The van der Waals surface area contributed by atoms with Crippen LogP contribution in [0.4, 0.5) is 4.79 Å². The molecule has 126 valence electrons. The lowest BCUT2D eigenvalue weighted by Gasteiger charge is -2.36. The van der Waals surface area contributed by atoms with Gasteiger partial charge in [0.2, 0.25) is 11.8 Å². The number of alkyl carbamates (subject to hydrolysis) is 1. The van der Waals surface area contributed by atoms with Crippen molar-refractivity contribution in [3.8, 4) is 0 Å². The molecule has 2 aliphatic rings. The van der Waals surface area contributed by atoms with E-state index < -0.39 is 28.8 Å². The number of alkyl halides is 1. The van der Waals surface area contributed by atoms with Gasteiger partial charge in [-0.3, -0.25) is 14.9 Å². The number of hydrogen-bond donors (Lipinski definition) is 2. The van der Waals surface area contributed by atoms with Crippen molar-refractivity contribution >= 4 is 47.2 Å². The average molecular weight is 363 g/mol. The van der Waals surface area contributed by atoms with Crippen LogP contribution < -0.4 is 5.32 Å². The van der Waals surface area contributed by atoms with Gasteiger partial charge >= 0.3 is 12.1 Å². The van der Waals surface area contributed by atoms with Gasteiger partial charge in [0.1, 0.15) is 18.5 Å². The van der Waals surface area contributed by atoms with Gasteiger partial charge < -0.3 is 14.7 Å². The van der Waals surface area contributed by atoms with E-state index in [0.29, 0.717) is 6.42 Å². The zero-order chi connectivity index (χ0) is 17.2. The number of carboxylic acid groups (broad SMARTS) is 1. The maximum Gasteiger partial charge on any atom is 0.414 e. The van der Waals surface area contributed by atoms with Crippen molar-refractivity contribution in [1.29, 1.82) is 0 Å². The summed E-state index contributed by atoms with van der Waals surface area (Å²) in [5.74, 6) is -2.29. The molecule has 0 aromatic carbocycles. The number of β-lactam (4-membered cyclic amide) rings is 1. The second-order valence-electron chi connectivity index (χ2n) is 5.18. The summed E-state index contributed by atoms with van der Waals surface area (Å²) in [6, 6.07) is -0.957. The minimum atomic E-state index is -1.08. The lowest BCUT2D eigenvalue weighted by molar-refractivity contribution is -0.156. The molecule has 2 heterocycles. The first-order chi connectivity index (χ1) is 10.8. The number of aliphatic carboxylic acids is 1. The van der Waals surface area contributed by atoms with Gasteiger partial charge in [-0.25, -0.2) is 9.59 Å². The number of imide groups is 1. The predicted molar refractivity (Wildman–Crippen MR) is 82.0 cm³/mol. The van der Waals surface area contributed by atoms with E-state index in [1.165, 1.54) is 22.7 Å². The van der Waals surface area contributed by atoms with Crippen molar-refractivity contribution in [2.45, 2.75) is 29.5 Å². The number of thioether (sulfide) groups is 1. The Kier molecular flexibility index (Phi) is 5.20. The second kappa shape index (κ2) is 6.79. The highest BCUT2D eigenvalue weighted by atomic mass is 35.5. The number of carbonyl (C=O) groups excluding carboxylic acids is 3. The molecule has 2 saturated heterocycles. The zero-order valence-corrected chi connectivity index (χ0v) is 13.7. The fourth-order valence-electron chi connectivity index (χ4n) is 2.53. The van der Waals surface area contributed by atoms with Crippen molar-refractivity contribution in [2.24, 2.45) is 0 Å². The van der Waals surface area contributed by atoms with Crippen LogP contribution in [0.5, 0.6) is 0 Å². The van der Waals surface area contributed by atoms with E-state index in [1.807, 2.05) is 5.32 Å². The molecule has 2 fully saturated rings. The lowest BCUT2D eigenvalue weighted by Crippen LogP contribution is -2.57. The first kappa shape index (κ1) is 17.6. The van der Waals surface area contributed by atoms with Crippen molar-refractivity contribution in [3.05, 3.63) is 12.2 Å². The van der Waals surface area contributed by atoms with Gasteiger partial charge in [0.15, 0.2) is 0 Å². The third-order valence-corrected chi connectivity index (χ3v) is 5.29. The Hall–Kier alpha value is -1.74. The van der Waals surface area contributed by atoms with Gasteiger partial charge in [0, 0.05) is 0 Å². The van der Waals surface area contributed by atoms with Crippen molar-refractivity contribution in [2.75, 3.05) is 12.5 Å². The number of hydrogen-bond acceptors (Lipinski definition) is 6. The van der Waals surface area contributed by atoms with Crippen LogP contribution in [-0.2, 0) is 19.1 Å². The van der Waals surface area contributed by atoms with Crippen LogP contribution >= 0.6 is 23.4 Å². The molecule has 0 unspecified atom stereocenters. The molecule has 2 aliphatic heterocycles. The minimum Gasteiger partial charge on any atom is -0.480 e. The number of ether oxygens (including phenoxy) is 1. The monoisotopic (exact) mass is 362 g/mol. The number of carboxylic acids is 1. The molecule has 0 aliphatic carbocycles. The van der Waals surface area contributed by atoms with Crippen molar-refractivity contribution in [1.82, 2.24) is 10.2 Å². The van der Waals surface area contributed by atoms with E-state index in [4.69, 9.17) is 16.3 Å². The standard InChI is InChI=1S/C13H15ClN2O6S/c1-13(3-2-4-22-12(21)15-7(17)6-14)10(11(19)20)16-8(18)5-9(16)23-13/h2-3,9-10H,4-6H2,1H3,(H,19,20)(H,15,17,21)/b3-2+/t9-,10+,13+/m1/s1. The summed E-state index contributed by atoms with van der Waals surface area (Å²) in [5, 5.41) is 11.1. The molecule has 2 N–H and O–H groups in total. The molecule has 3 amide bonds. The molecule has 0 spiro atoms. The fraction of sp³-hybridized carbons (Fsp3) is 0.538. The van der Waals surface area contributed by atoms with Gasteiger partial charge in [-0.05, 0) is 13.0 Å². The molecule has 10 heteroatoms. The zero-order valence-electron chi connectivity index (χ0n) is 12.2. The molecule has 23 heavy (non-hydrogen) atoms. The van der Waals surface area contributed by atoms with E-state index in [1.54, 1.807) is 13.0 Å². The fourth-order valence-corrected chi connectivity index (χ4v) is 4.28. The maximum absolute atomic E-state index is 11.6. The van der Waals surface area contributed by atoms with Crippen LogP contribution in [0.25, 0.3) is 0 Å². The van der Waals surface area contributed by atoms with Crippen LogP contribution in [0.3, 0.4) is 0 Å². The molecule has 0 bridgehead atoms. The summed E-state index contributed by atoms with van der Waals surface area (Å²) in [5.41, 5.74) is 0. The topological polar surface area (TPSA) is 113 Å². The van der Waals surface area contributed by atoms with Gasteiger partial charge in [-0.2, -0.15) is 0 Å². The Balaban J connectivity index is 1.93. The van der Waals surface area contributed by atoms with Crippen LogP contribution in [0, 0.1) is 0 Å². The summed E-state index contributed by atoms with van der Waals surface area (Å²) in [6.45, 7) is 1.58. The van der Waals surface area contributed by atoms with Crippen molar-refractivity contribution in [3.63, 3.8) is 0 Å². The van der Waals surface area contributed by atoms with E-state index in [2.05, 4.69) is 0 Å². The van der Waals surface area contributed by atoms with Crippen molar-refractivity contribution < 1.29 is 29.0 Å². The third kappa shape index (κ3) is 3.61. The number of rotatable bonds is 5. The highest BCUT2D eigenvalue weighted by Crippen LogP contribution is 2.51. The predicted octanol–water partition coefficient (Wildman–Crippen LogP) is 0.551. The molecule has 3 atom stereocenters. The molecule has 0 saturated carbocycles. The van der Waals surface area contributed by atoms with Gasteiger partial charge in [-0.15, -0.1) is 23.4 Å². The Morgan fingerprint density at radius 3 is 2.83 bits per heavy atom. The first-order valence-electron chi connectivity index (χ1n) is 6.70. The number of carbonyl (C=O) groups is 4. The van der Waals surface area contributed by atoms with Crippen LogP contribution in [0.1, 0.15) is 13.3 Å². The Morgan fingerprint density at radius 2 is 2.26 bits per heavy atom. The van der Waals surface area contributed by atoms with E-state index >= 15 is 0 Å². The SMILES string of the molecule is C[C@@]1(/C=C/COC(=O)NC(=O)CCl)S[C@@H]2CC(=O)N2[C@H]1C(=O)O. The number of fused-ring (bicyclic) bond motifs is 1. The van der Waals surface area contributed by atoms with E-state index in [-0.39, 0.29) is 23.8 Å². The molecule has 0 aromatic rings. The first-order valence-corrected chi connectivity index (χ1v) is 8.12. The number of amides is 3. The average Bonchev–Trinajstić information content (AvgIpc) is 2.71. The summed E-state index contributed by atoms with van der Waals surface area (Å²) < 4.78 is 3.94. The quantitative estimate of drug-likeness (QED) is 0.417. The van der Waals surface area contributed by atoms with E-state index in [0.717, 1.165) is 0 Å². The normalized spacial score (nSPS) is 29.1. The molecule has 8 nitrogen and oxygen atoms in total. The highest BCUT2D eigenvalue weighted by Gasteiger charge is 2.59. The molecule has 0 radical (unpaired) electrons. The summed E-state index contributed by atoms with van der Waals surface area (Å²) in [7, 11) is 0. The molecule has 2 rings (SSSR count). The maximum atomic E-state index is 11.6. The third-order valence-electron chi connectivity index (χ3n) is 3.51. The largest absolute Gasteiger partial charge is 0.480 e. The minimum absolute atomic E-state index is 0.135. The Morgan fingerprint density at radius 1 is 1.57 bits per heavy atom. The second-order valence-corrected chi connectivity index (χ2v) is 7.11. The van der Waals surface area contributed by atoms with Crippen LogP contribution in [0.2, 0.25) is 0 Å². The van der Waals surface area contributed by atoms with Gasteiger partial charge in [0.25, 0.3) is 0 Å². The van der Waals surface area contributed by atoms with Crippen LogP contribution in [0.15, 0.2) is 12.2 Å². The summed E-state index contributed by atoms with van der Waals surface area (Å²) >= 11 is 6.61. The number of nitrogens with zero attached hydrogens (tertiary/aromatic N) is 1. The van der Waals surface area contributed by atoms with Gasteiger partial charge in [0.05, 0.1) is 16.5 Å². The lowest BCUT2D eigenvalue weighted by atomic mass is 9.96. The number of nitrogens with one attached hydrogen (secondary N) is 1. The molecule has 0 aromatic heterocycles. The highest BCUT2D eigenvalue weighted by molar-refractivity contribution is 8.01. The molecular formula is C13H15ClN2O6S. The Bertz CT molecular complexity index is 583. The van der Waals surface area contributed by atoms with Gasteiger partial charge in [-0.1, -0.05) is 6.08 Å². The number of halogens is 1. The summed E-state index contributed by atoms with van der Waals surface area (Å²) in [6.07, 6.45) is 2.50. The van der Waals surface area contributed by atoms with E-state index in [9.17, 15) is 24.3 Å². The summed E-state index contributed by atoms with van der Waals surface area (Å²) in [4.78, 5) is 46.5. The smallest absolute Gasteiger partial charge is 0.414 e. The Labute approximate surface area is 141 Å².